The monoisotopic (exact) mass is 237 g/mol. The van der Waals surface area contributed by atoms with Gasteiger partial charge >= 0.3 is 0 Å². The molecule has 17 heavy (non-hydrogen) atoms. The summed E-state index contributed by atoms with van der Waals surface area (Å²) in [5.41, 5.74) is 0.499. The van der Waals surface area contributed by atoms with Crippen LogP contribution in [0.5, 0.6) is 0 Å². The van der Waals surface area contributed by atoms with Gasteiger partial charge in [-0.1, -0.05) is 25.4 Å². The van der Waals surface area contributed by atoms with Crippen molar-refractivity contribution < 1.29 is 4.52 Å². The van der Waals surface area contributed by atoms with Crippen molar-refractivity contribution >= 4 is 0 Å². The molecule has 4 nitrogen and oxygen atoms in total. The number of hydrogen-bond donors (Lipinski definition) is 1. The molecule has 96 valence electrons. The SMILES string of the molecule is Cc1nc(CCNC2CCCC(C)(C)C2)no1. The summed E-state index contributed by atoms with van der Waals surface area (Å²) in [7, 11) is 0. The Kier molecular flexibility index (Phi) is 3.82. The van der Waals surface area contributed by atoms with Crippen LogP contribution in [0, 0.1) is 12.3 Å². The fraction of sp³-hybridized carbons (Fsp3) is 0.846. The second-order valence-electron chi connectivity index (χ2n) is 5.89. The first-order valence-electron chi connectivity index (χ1n) is 6.58. The third kappa shape index (κ3) is 3.80. The summed E-state index contributed by atoms with van der Waals surface area (Å²) in [5.74, 6) is 1.46. The van der Waals surface area contributed by atoms with E-state index in [1.165, 1.54) is 25.7 Å². The highest BCUT2D eigenvalue weighted by atomic mass is 16.5. The molecule has 4 heteroatoms. The van der Waals surface area contributed by atoms with Crippen LogP contribution in [0.1, 0.15) is 51.2 Å². The van der Waals surface area contributed by atoms with Crippen LogP contribution in [0.4, 0.5) is 0 Å². The van der Waals surface area contributed by atoms with Gasteiger partial charge in [-0.25, -0.2) is 0 Å². The van der Waals surface area contributed by atoms with Gasteiger partial charge in [0.1, 0.15) is 0 Å². The molecule has 1 aliphatic rings. The lowest BCUT2D eigenvalue weighted by atomic mass is 9.75. The van der Waals surface area contributed by atoms with Gasteiger partial charge in [-0.15, -0.1) is 0 Å². The van der Waals surface area contributed by atoms with E-state index in [9.17, 15) is 0 Å². The van der Waals surface area contributed by atoms with Crippen molar-refractivity contribution in [2.24, 2.45) is 5.41 Å². The first kappa shape index (κ1) is 12.6. The Labute approximate surface area is 103 Å². The van der Waals surface area contributed by atoms with Gasteiger partial charge in [0, 0.05) is 25.9 Å². The van der Waals surface area contributed by atoms with Crippen molar-refractivity contribution in [2.75, 3.05) is 6.54 Å². The maximum Gasteiger partial charge on any atom is 0.223 e. The zero-order valence-corrected chi connectivity index (χ0v) is 11.1. The molecule has 0 aromatic carbocycles. The first-order chi connectivity index (χ1) is 8.05. The van der Waals surface area contributed by atoms with Crippen LogP contribution < -0.4 is 5.32 Å². The van der Waals surface area contributed by atoms with E-state index < -0.39 is 0 Å². The maximum atomic E-state index is 4.95. The van der Waals surface area contributed by atoms with Crippen molar-refractivity contribution in [3.63, 3.8) is 0 Å². The molecule has 1 heterocycles. The van der Waals surface area contributed by atoms with E-state index in [-0.39, 0.29) is 0 Å². The minimum atomic E-state index is 0.499. The molecule has 1 unspecified atom stereocenters. The van der Waals surface area contributed by atoms with E-state index in [2.05, 4.69) is 29.3 Å². The molecule has 0 radical (unpaired) electrons. The molecule has 1 atom stereocenters. The predicted molar refractivity (Wildman–Crippen MR) is 66.8 cm³/mol. The lowest BCUT2D eigenvalue weighted by molar-refractivity contribution is 0.199. The Morgan fingerprint density at radius 1 is 1.47 bits per heavy atom. The number of nitrogens with zero attached hydrogens (tertiary/aromatic N) is 2. The van der Waals surface area contributed by atoms with Crippen LogP contribution >= 0.6 is 0 Å². The standard InChI is InChI=1S/C13H23N3O/c1-10-15-12(16-17-10)6-8-14-11-5-4-7-13(2,3)9-11/h11,14H,4-9H2,1-3H3. The lowest BCUT2D eigenvalue weighted by Crippen LogP contribution is -2.38. The smallest absolute Gasteiger partial charge is 0.223 e. The number of hydrogen-bond acceptors (Lipinski definition) is 4. The zero-order valence-electron chi connectivity index (χ0n) is 11.1. The van der Waals surface area contributed by atoms with Gasteiger partial charge in [-0.05, 0) is 24.7 Å². The molecular weight excluding hydrogens is 214 g/mol. The highest BCUT2D eigenvalue weighted by Gasteiger charge is 2.27. The van der Waals surface area contributed by atoms with Crippen molar-refractivity contribution in [1.82, 2.24) is 15.5 Å². The van der Waals surface area contributed by atoms with Gasteiger partial charge in [0.05, 0.1) is 0 Å². The van der Waals surface area contributed by atoms with Gasteiger partial charge in [0.25, 0.3) is 0 Å². The van der Waals surface area contributed by atoms with E-state index in [1.54, 1.807) is 0 Å². The zero-order chi connectivity index (χ0) is 12.3. The molecule has 0 spiro atoms. The molecule has 1 aromatic rings. The Hall–Kier alpha value is -0.900. The Morgan fingerprint density at radius 3 is 2.94 bits per heavy atom. The topological polar surface area (TPSA) is 51.0 Å². The van der Waals surface area contributed by atoms with E-state index >= 15 is 0 Å². The Balaban J connectivity index is 1.71. The maximum absolute atomic E-state index is 4.95. The molecular formula is C13H23N3O. The number of nitrogens with one attached hydrogen (secondary N) is 1. The number of rotatable bonds is 4. The summed E-state index contributed by atoms with van der Waals surface area (Å²) in [5, 5.41) is 7.51. The third-order valence-corrected chi connectivity index (χ3v) is 3.56. The number of aromatic nitrogens is 2. The van der Waals surface area contributed by atoms with Gasteiger partial charge < -0.3 is 9.84 Å². The average molecular weight is 237 g/mol. The second kappa shape index (κ2) is 5.17. The van der Waals surface area contributed by atoms with Gasteiger partial charge in [0.2, 0.25) is 5.89 Å². The molecule has 0 bridgehead atoms. The molecule has 1 aromatic heterocycles. The fourth-order valence-corrected chi connectivity index (χ4v) is 2.70. The van der Waals surface area contributed by atoms with Crippen molar-refractivity contribution in [3.05, 3.63) is 11.7 Å². The quantitative estimate of drug-likeness (QED) is 0.874. The summed E-state index contributed by atoms with van der Waals surface area (Å²) in [6.07, 6.45) is 6.13. The second-order valence-corrected chi connectivity index (χ2v) is 5.89. The minimum Gasteiger partial charge on any atom is -0.340 e. The first-order valence-corrected chi connectivity index (χ1v) is 6.58. The lowest BCUT2D eigenvalue weighted by Gasteiger charge is -2.35. The van der Waals surface area contributed by atoms with Crippen LogP contribution in [0.15, 0.2) is 4.52 Å². The average Bonchev–Trinajstić information content (AvgIpc) is 2.63. The summed E-state index contributed by atoms with van der Waals surface area (Å²) in [6, 6.07) is 0.659. The van der Waals surface area contributed by atoms with Gasteiger partial charge in [0.15, 0.2) is 5.82 Å². The minimum absolute atomic E-state index is 0.499. The van der Waals surface area contributed by atoms with E-state index in [0.717, 1.165) is 18.8 Å². The number of aryl methyl sites for hydroxylation is 1. The predicted octanol–water partition coefficient (Wildman–Crippen LogP) is 2.48. The summed E-state index contributed by atoms with van der Waals surface area (Å²) >= 11 is 0. The van der Waals surface area contributed by atoms with E-state index in [1.807, 2.05) is 6.92 Å². The molecule has 1 fully saturated rings. The highest BCUT2D eigenvalue weighted by Crippen LogP contribution is 2.34. The van der Waals surface area contributed by atoms with Gasteiger partial charge in [-0.3, -0.25) is 0 Å². The fourth-order valence-electron chi connectivity index (χ4n) is 2.70. The third-order valence-electron chi connectivity index (χ3n) is 3.56. The molecule has 1 saturated carbocycles. The summed E-state index contributed by atoms with van der Waals surface area (Å²) in [4.78, 5) is 4.20. The molecule has 0 amide bonds. The normalized spacial score (nSPS) is 23.8. The summed E-state index contributed by atoms with van der Waals surface area (Å²) in [6.45, 7) is 7.50. The van der Waals surface area contributed by atoms with Crippen LogP contribution in [-0.2, 0) is 6.42 Å². The van der Waals surface area contributed by atoms with E-state index in [4.69, 9.17) is 4.52 Å². The Morgan fingerprint density at radius 2 is 2.29 bits per heavy atom. The van der Waals surface area contributed by atoms with Crippen LogP contribution in [0.3, 0.4) is 0 Å². The van der Waals surface area contributed by atoms with Crippen LogP contribution in [0.25, 0.3) is 0 Å². The molecule has 1 N–H and O–H groups in total. The molecule has 0 saturated heterocycles. The molecule has 1 aliphatic carbocycles. The Bertz CT molecular complexity index is 359. The largest absolute Gasteiger partial charge is 0.340 e. The molecule has 0 aliphatic heterocycles. The molecule has 2 rings (SSSR count). The van der Waals surface area contributed by atoms with Crippen LogP contribution in [0.2, 0.25) is 0 Å². The van der Waals surface area contributed by atoms with Gasteiger partial charge in [-0.2, -0.15) is 4.98 Å². The van der Waals surface area contributed by atoms with Crippen molar-refractivity contribution in [3.8, 4) is 0 Å². The van der Waals surface area contributed by atoms with Crippen molar-refractivity contribution in [1.29, 1.82) is 0 Å². The van der Waals surface area contributed by atoms with Crippen LogP contribution in [-0.4, -0.2) is 22.7 Å². The van der Waals surface area contributed by atoms with Crippen molar-refractivity contribution in [2.45, 2.75) is 58.9 Å². The highest BCUT2D eigenvalue weighted by molar-refractivity contribution is 4.87. The van der Waals surface area contributed by atoms with E-state index in [0.29, 0.717) is 17.3 Å². The summed E-state index contributed by atoms with van der Waals surface area (Å²) < 4.78 is 4.95.